The molecule has 0 aromatic heterocycles. The van der Waals surface area contributed by atoms with Crippen molar-refractivity contribution in [3.8, 4) is 0 Å². The van der Waals surface area contributed by atoms with E-state index in [4.69, 9.17) is 18.9 Å². The summed E-state index contributed by atoms with van der Waals surface area (Å²) in [6, 6.07) is 0. The zero-order chi connectivity index (χ0) is 64.0. The Balaban J connectivity index is 3.91. The molecule has 1 N–H and O–H groups in total. The number of esters is 2. The molecule has 0 rings (SSSR count). The summed E-state index contributed by atoms with van der Waals surface area (Å²) in [5, 5.41) is 9.75. The summed E-state index contributed by atoms with van der Waals surface area (Å²) < 4.78 is 23.0. The minimum Gasteiger partial charge on any atom is -0.477 e. The van der Waals surface area contributed by atoms with Crippen LogP contribution in [-0.4, -0.2) is 87.4 Å². The fourth-order valence-electron chi connectivity index (χ4n) is 12.0. The number of rotatable bonds is 74. The number of hydrogen-bond donors (Lipinski definition) is 1. The lowest BCUT2D eigenvalue weighted by molar-refractivity contribution is -0.870. The largest absolute Gasteiger partial charge is 0.477 e. The quantitative estimate of drug-likeness (QED) is 0.0211. The lowest BCUT2D eigenvalue weighted by Gasteiger charge is -2.25. The Bertz CT molecular complexity index is 1490. The minimum absolute atomic E-state index is 0.177. The van der Waals surface area contributed by atoms with Gasteiger partial charge >= 0.3 is 17.9 Å². The molecule has 0 saturated heterocycles. The number of allylic oxidation sites excluding steroid dienone is 4. The van der Waals surface area contributed by atoms with Gasteiger partial charge in [-0.15, -0.1) is 0 Å². The Morgan fingerprint density at radius 1 is 0.341 bits per heavy atom. The van der Waals surface area contributed by atoms with Crippen LogP contribution in [0.15, 0.2) is 24.3 Å². The van der Waals surface area contributed by atoms with E-state index in [1.807, 2.05) is 21.1 Å². The normalized spacial score (nSPS) is 12.7. The topological polar surface area (TPSA) is 108 Å². The van der Waals surface area contributed by atoms with Gasteiger partial charge in [0.05, 0.1) is 34.4 Å². The number of unbranched alkanes of at least 4 members (excludes halogenated alkanes) is 55. The molecule has 0 aliphatic heterocycles. The van der Waals surface area contributed by atoms with Gasteiger partial charge in [0.2, 0.25) is 0 Å². The van der Waals surface area contributed by atoms with Crippen molar-refractivity contribution in [3.63, 3.8) is 0 Å². The second kappa shape index (κ2) is 70.6. The SMILES string of the molecule is CCCCCCC/C=C\C/C=C\CCCCCCCCCCCCCC(=O)OC(COC(=O)CCCCCCCCCCCCCCCCCCCCCCCCCCCCCCCCCCCCCCCCCC)COC(OCC[N+](C)(C)C)C(=O)O. The number of aliphatic carboxylic acids is 1. The van der Waals surface area contributed by atoms with E-state index in [0.29, 0.717) is 17.4 Å². The molecule has 0 spiro atoms. The van der Waals surface area contributed by atoms with Gasteiger partial charge < -0.3 is 28.5 Å². The number of carbonyl (C=O) groups excluding carboxylic acids is 2. The number of nitrogens with zero attached hydrogens (tertiary/aromatic N) is 1. The molecule has 0 amide bonds. The molecule has 9 nitrogen and oxygen atoms in total. The highest BCUT2D eigenvalue weighted by Crippen LogP contribution is 2.20. The minimum atomic E-state index is -1.51. The first-order valence-corrected chi connectivity index (χ1v) is 39.0. The monoisotopic (exact) mass is 1240 g/mol. The lowest BCUT2D eigenvalue weighted by atomic mass is 10.0. The zero-order valence-electron chi connectivity index (χ0n) is 59.7. The molecule has 0 aliphatic rings. The van der Waals surface area contributed by atoms with E-state index >= 15 is 0 Å². The van der Waals surface area contributed by atoms with Crippen LogP contribution in [0, 0.1) is 0 Å². The Kier molecular flexibility index (Phi) is 68.8. The first kappa shape index (κ1) is 85.8. The number of ether oxygens (including phenoxy) is 4. The molecule has 0 aromatic rings. The molecule has 520 valence electrons. The molecular formula is C79H152NO8+. The Hall–Kier alpha value is -2.23. The number of carboxylic acid groups (broad SMARTS) is 1. The predicted molar refractivity (Wildman–Crippen MR) is 378 cm³/mol. The third-order valence-electron chi connectivity index (χ3n) is 18.0. The van der Waals surface area contributed by atoms with Crippen LogP contribution in [0.1, 0.15) is 406 Å². The van der Waals surface area contributed by atoms with Gasteiger partial charge in [-0.1, -0.05) is 372 Å². The van der Waals surface area contributed by atoms with Gasteiger partial charge in [-0.3, -0.25) is 9.59 Å². The number of carbonyl (C=O) groups is 3. The lowest BCUT2D eigenvalue weighted by Crippen LogP contribution is -2.40. The van der Waals surface area contributed by atoms with E-state index < -0.39 is 18.4 Å². The summed E-state index contributed by atoms with van der Waals surface area (Å²) in [6.45, 7) is 4.94. The van der Waals surface area contributed by atoms with Crippen LogP contribution in [0.25, 0.3) is 0 Å². The first-order chi connectivity index (χ1) is 43.1. The Labute approximate surface area is 548 Å². The van der Waals surface area contributed by atoms with E-state index in [2.05, 4.69) is 38.2 Å². The molecule has 0 heterocycles. The summed E-state index contributed by atoms with van der Waals surface area (Å²) in [5.74, 6) is -1.98. The van der Waals surface area contributed by atoms with Crippen LogP contribution in [0.4, 0.5) is 0 Å². The average molecular weight is 1240 g/mol. The highest BCUT2D eigenvalue weighted by molar-refractivity contribution is 5.71. The molecule has 2 unspecified atom stereocenters. The van der Waals surface area contributed by atoms with Crippen LogP contribution < -0.4 is 0 Å². The standard InChI is InChI=1S/C79H151NO8/c1-6-8-10-12-14-16-18-20-22-24-26-28-30-31-32-33-34-35-36-37-38-39-40-41-42-43-44-45-46-48-49-51-53-55-57-59-61-63-65-67-69-76(81)86-73-75(74-87-79(78(83)84)85-72-71-80(3,4)5)88-77(82)70-68-66-64-62-60-58-56-54-52-50-47-29-27-25-23-21-19-17-15-13-11-9-7-2/h19,21,25,27,75,79H,6-18,20,22-24,26,28-74H2,1-5H3/p+1/b21-19-,27-25-. The van der Waals surface area contributed by atoms with Gasteiger partial charge in [-0.05, 0) is 44.9 Å². The van der Waals surface area contributed by atoms with Crippen molar-refractivity contribution in [1.82, 2.24) is 0 Å². The van der Waals surface area contributed by atoms with Crippen molar-refractivity contribution in [2.75, 3.05) is 47.5 Å². The molecule has 0 aromatic carbocycles. The summed E-state index contributed by atoms with van der Waals surface area (Å²) >= 11 is 0. The molecule has 0 bridgehead atoms. The van der Waals surface area contributed by atoms with Gasteiger partial charge in [-0.2, -0.15) is 0 Å². The Morgan fingerprint density at radius 2 is 0.614 bits per heavy atom. The summed E-state index contributed by atoms with van der Waals surface area (Å²) in [6.07, 6.45) is 86.3. The number of hydrogen-bond acceptors (Lipinski definition) is 7. The number of carboxylic acids is 1. The zero-order valence-corrected chi connectivity index (χ0v) is 59.7. The predicted octanol–water partition coefficient (Wildman–Crippen LogP) is 24.5. The summed E-state index contributed by atoms with van der Waals surface area (Å²) in [7, 11) is 5.99. The van der Waals surface area contributed by atoms with Crippen molar-refractivity contribution in [1.29, 1.82) is 0 Å². The van der Waals surface area contributed by atoms with Gasteiger partial charge in [0.25, 0.3) is 6.29 Å². The molecule has 2 atom stereocenters. The maximum Gasteiger partial charge on any atom is 0.361 e. The van der Waals surface area contributed by atoms with Crippen LogP contribution in [0.5, 0.6) is 0 Å². The van der Waals surface area contributed by atoms with E-state index in [9.17, 15) is 19.5 Å². The van der Waals surface area contributed by atoms with Gasteiger partial charge in [0.1, 0.15) is 13.2 Å². The maximum absolute atomic E-state index is 12.9. The average Bonchev–Trinajstić information content (AvgIpc) is 3.51. The molecule has 0 saturated carbocycles. The second-order valence-electron chi connectivity index (χ2n) is 28.0. The molecule has 0 radical (unpaired) electrons. The summed E-state index contributed by atoms with van der Waals surface area (Å²) in [5.41, 5.74) is 0. The van der Waals surface area contributed by atoms with Crippen LogP contribution in [0.3, 0.4) is 0 Å². The van der Waals surface area contributed by atoms with Crippen molar-refractivity contribution in [2.24, 2.45) is 0 Å². The molecule has 0 aliphatic carbocycles. The van der Waals surface area contributed by atoms with Gasteiger partial charge in [0.15, 0.2) is 6.10 Å². The molecule has 88 heavy (non-hydrogen) atoms. The van der Waals surface area contributed by atoms with Crippen LogP contribution in [-0.2, 0) is 33.3 Å². The third kappa shape index (κ3) is 71.2. The van der Waals surface area contributed by atoms with E-state index in [-0.39, 0.29) is 38.2 Å². The van der Waals surface area contributed by atoms with Gasteiger partial charge in [0, 0.05) is 12.8 Å². The van der Waals surface area contributed by atoms with Crippen LogP contribution in [0.2, 0.25) is 0 Å². The molecule has 9 heteroatoms. The van der Waals surface area contributed by atoms with Gasteiger partial charge in [-0.25, -0.2) is 4.79 Å². The highest BCUT2D eigenvalue weighted by Gasteiger charge is 2.25. The molecule has 0 fully saturated rings. The fraction of sp³-hybridized carbons (Fsp3) is 0.911. The number of likely N-dealkylation sites (N-methyl/N-ethyl adjacent to an activating group) is 1. The van der Waals surface area contributed by atoms with E-state index in [1.54, 1.807) is 0 Å². The first-order valence-electron chi connectivity index (χ1n) is 39.0. The fourth-order valence-corrected chi connectivity index (χ4v) is 12.0. The maximum atomic E-state index is 12.9. The van der Waals surface area contributed by atoms with Crippen molar-refractivity contribution in [2.45, 2.75) is 418 Å². The molecular weight excluding hydrogens is 1090 g/mol. The van der Waals surface area contributed by atoms with Crippen molar-refractivity contribution >= 4 is 17.9 Å². The van der Waals surface area contributed by atoms with E-state index in [1.165, 1.54) is 334 Å². The highest BCUT2D eigenvalue weighted by atomic mass is 16.7. The summed E-state index contributed by atoms with van der Waals surface area (Å²) in [4.78, 5) is 37.7. The van der Waals surface area contributed by atoms with Crippen molar-refractivity contribution in [3.05, 3.63) is 24.3 Å². The smallest absolute Gasteiger partial charge is 0.361 e. The Morgan fingerprint density at radius 3 is 0.898 bits per heavy atom. The second-order valence-corrected chi connectivity index (χ2v) is 28.0. The van der Waals surface area contributed by atoms with E-state index in [0.717, 1.165) is 44.9 Å². The van der Waals surface area contributed by atoms with Crippen molar-refractivity contribution < 1.29 is 42.9 Å². The number of quaternary nitrogens is 1. The third-order valence-corrected chi connectivity index (χ3v) is 18.0. The van der Waals surface area contributed by atoms with Crippen LogP contribution >= 0.6 is 0 Å².